The molecule has 0 aliphatic heterocycles. The summed E-state index contributed by atoms with van der Waals surface area (Å²) in [5.41, 5.74) is 5.45. The molecular formula is C17H14ClFN4O2S. The number of thiazole rings is 1. The average Bonchev–Trinajstić information content (AvgIpc) is 3.01. The fourth-order valence-electron chi connectivity index (χ4n) is 2.15. The van der Waals surface area contributed by atoms with Gasteiger partial charge >= 0.3 is 0 Å². The standard InChI is InChI=1S/C17H14ClFN4O2S/c1-9(20-17-21-13-4-2-3-5-14(13)26-17)15(24)22-23-16(25)11-7-6-10(19)8-12(11)18/h2-9H,1H3,(H,20,21)(H,22,24)(H,23,25). The van der Waals surface area contributed by atoms with Crippen LogP contribution in [0, 0.1) is 5.82 Å². The Kier molecular flexibility index (Phi) is 5.34. The number of nitrogens with zero attached hydrogens (tertiary/aromatic N) is 1. The van der Waals surface area contributed by atoms with E-state index in [1.165, 1.54) is 17.4 Å². The summed E-state index contributed by atoms with van der Waals surface area (Å²) in [6.07, 6.45) is 0. The minimum Gasteiger partial charge on any atom is -0.350 e. The summed E-state index contributed by atoms with van der Waals surface area (Å²) in [7, 11) is 0. The number of hydrogen-bond donors (Lipinski definition) is 3. The predicted molar refractivity (Wildman–Crippen MR) is 99.7 cm³/mol. The molecule has 3 N–H and O–H groups in total. The summed E-state index contributed by atoms with van der Waals surface area (Å²) >= 11 is 7.24. The molecule has 0 bridgehead atoms. The minimum atomic E-state index is -0.643. The molecule has 0 aliphatic carbocycles. The number of halogens is 2. The second-order valence-electron chi connectivity index (χ2n) is 5.42. The number of aromatic nitrogens is 1. The van der Waals surface area contributed by atoms with Crippen molar-refractivity contribution in [2.75, 3.05) is 5.32 Å². The molecule has 9 heteroatoms. The van der Waals surface area contributed by atoms with Gasteiger partial charge in [-0.15, -0.1) is 0 Å². The Balaban J connectivity index is 1.57. The van der Waals surface area contributed by atoms with E-state index in [1.54, 1.807) is 6.92 Å². The zero-order chi connectivity index (χ0) is 18.7. The van der Waals surface area contributed by atoms with E-state index in [0.717, 1.165) is 22.3 Å². The van der Waals surface area contributed by atoms with E-state index < -0.39 is 23.7 Å². The smallest absolute Gasteiger partial charge is 0.271 e. The number of anilines is 1. The molecular weight excluding hydrogens is 379 g/mol. The Morgan fingerprint density at radius 2 is 1.96 bits per heavy atom. The molecule has 1 unspecified atom stereocenters. The van der Waals surface area contributed by atoms with E-state index in [2.05, 4.69) is 21.2 Å². The number of para-hydroxylation sites is 1. The van der Waals surface area contributed by atoms with Gasteiger partial charge in [-0.25, -0.2) is 9.37 Å². The number of benzene rings is 2. The van der Waals surface area contributed by atoms with Crippen molar-refractivity contribution in [1.29, 1.82) is 0 Å². The molecule has 0 spiro atoms. The highest BCUT2D eigenvalue weighted by molar-refractivity contribution is 7.22. The van der Waals surface area contributed by atoms with Gasteiger partial charge in [-0.2, -0.15) is 0 Å². The number of rotatable bonds is 4. The summed E-state index contributed by atoms with van der Waals surface area (Å²) in [5.74, 6) is -1.66. The van der Waals surface area contributed by atoms with Gasteiger partial charge in [-0.1, -0.05) is 35.1 Å². The average molecular weight is 393 g/mol. The normalized spacial score (nSPS) is 11.8. The molecule has 1 atom stereocenters. The largest absolute Gasteiger partial charge is 0.350 e. The van der Waals surface area contributed by atoms with Gasteiger partial charge in [-0.3, -0.25) is 20.4 Å². The Bertz CT molecular complexity index is 945. The molecule has 2 amide bonds. The molecule has 0 fully saturated rings. The van der Waals surface area contributed by atoms with Crippen molar-refractivity contribution < 1.29 is 14.0 Å². The Hall–Kier alpha value is -2.71. The number of fused-ring (bicyclic) bond motifs is 1. The highest BCUT2D eigenvalue weighted by atomic mass is 35.5. The third-order valence-electron chi connectivity index (χ3n) is 3.50. The molecule has 3 rings (SSSR count). The van der Waals surface area contributed by atoms with Gasteiger partial charge in [-0.05, 0) is 37.3 Å². The van der Waals surface area contributed by atoms with Crippen LogP contribution < -0.4 is 16.2 Å². The van der Waals surface area contributed by atoms with Crippen LogP contribution in [0.3, 0.4) is 0 Å². The quantitative estimate of drug-likeness (QED) is 0.594. The van der Waals surface area contributed by atoms with Crippen LogP contribution >= 0.6 is 22.9 Å². The van der Waals surface area contributed by atoms with Gasteiger partial charge in [0.15, 0.2) is 5.13 Å². The van der Waals surface area contributed by atoms with Crippen molar-refractivity contribution in [3.8, 4) is 0 Å². The van der Waals surface area contributed by atoms with Gasteiger partial charge in [0.1, 0.15) is 11.9 Å². The van der Waals surface area contributed by atoms with Gasteiger partial charge in [0.2, 0.25) is 0 Å². The van der Waals surface area contributed by atoms with Crippen molar-refractivity contribution in [2.45, 2.75) is 13.0 Å². The SMILES string of the molecule is CC(Nc1nc2ccccc2s1)C(=O)NNC(=O)c1ccc(F)cc1Cl. The fraction of sp³-hybridized carbons (Fsp3) is 0.118. The zero-order valence-electron chi connectivity index (χ0n) is 13.5. The third-order valence-corrected chi connectivity index (χ3v) is 4.78. The molecule has 6 nitrogen and oxygen atoms in total. The maximum Gasteiger partial charge on any atom is 0.271 e. The summed E-state index contributed by atoms with van der Waals surface area (Å²) in [6, 6.07) is 10.4. The lowest BCUT2D eigenvalue weighted by Gasteiger charge is -2.14. The van der Waals surface area contributed by atoms with Crippen LogP contribution in [0.5, 0.6) is 0 Å². The summed E-state index contributed by atoms with van der Waals surface area (Å²) in [5, 5.41) is 3.54. The number of nitrogens with one attached hydrogen (secondary N) is 3. The first-order chi connectivity index (χ1) is 12.4. The molecule has 3 aromatic rings. The van der Waals surface area contributed by atoms with Crippen molar-refractivity contribution >= 4 is 50.1 Å². The van der Waals surface area contributed by atoms with Gasteiger partial charge < -0.3 is 5.32 Å². The zero-order valence-corrected chi connectivity index (χ0v) is 15.1. The Morgan fingerprint density at radius 1 is 1.19 bits per heavy atom. The molecule has 1 aromatic heterocycles. The van der Waals surface area contributed by atoms with Gasteiger partial charge in [0, 0.05) is 0 Å². The van der Waals surface area contributed by atoms with E-state index in [-0.39, 0.29) is 10.6 Å². The van der Waals surface area contributed by atoms with Crippen LogP contribution in [0.1, 0.15) is 17.3 Å². The lowest BCUT2D eigenvalue weighted by molar-refractivity contribution is -0.122. The van der Waals surface area contributed by atoms with Crippen molar-refractivity contribution in [3.63, 3.8) is 0 Å². The molecule has 1 heterocycles. The van der Waals surface area contributed by atoms with Crippen LogP contribution in [-0.2, 0) is 4.79 Å². The molecule has 2 aromatic carbocycles. The highest BCUT2D eigenvalue weighted by Crippen LogP contribution is 2.25. The van der Waals surface area contributed by atoms with E-state index in [4.69, 9.17) is 11.6 Å². The number of carbonyl (C=O) groups is 2. The Labute approximate surface area is 157 Å². The highest BCUT2D eigenvalue weighted by Gasteiger charge is 2.17. The van der Waals surface area contributed by atoms with Crippen molar-refractivity contribution in [2.24, 2.45) is 0 Å². The second-order valence-corrected chi connectivity index (χ2v) is 6.86. The first-order valence-electron chi connectivity index (χ1n) is 7.61. The summed E-state index contributed by atoms with van der Waals surface area (Å²) in [6.45, 7) is 1.64. The molecule has 0 aliphatic rings. The Morgan fingerprint density at radius 3 is 2.69 bits per heavy atom. The molecule has 0 saturated heterocycles. The summed E-state index contributed by atoms with van der Waals surface area (Å²) < 4.78 is 14.0. The summed E-state index contributed by atoms with van der Waals surface area (Å²) in [4.78, 5) is 28.5. The predicted octanol–water partition coefficient (Wildman–Crippen LogP) is 3.35. The monoisotopic (exact) mass is 392 g/mol. The minimum absolute atomic E-state index is 0.0441. The number of hydrogen-bond acceptors (Lipinski definition) is 5. The first kappa shape index (κ1) is 18.1. The van der Waals surface area contributed by atoms with Crippen LogP contribution in [0.25, 0.3) is 10.2 Å². The maximum absolute atomic E-state index is 13.0. The fourth-order valence-corrected chi connectivity index (χ4v) is 3.36. The van der Waals surface area contributed by atoms with Crippen LogP contribution in [0.2, 0.25) is 5.02 Å². The lowest BCUT2D eigenvalue weighted by atomic mass is 10.2. The molecule has 134 valence electrons. The molecule has 0 saturated carbocycles. The van der Waals surface area contributed by atoms with E-state index in [1.807, 2.05) is 24.3 Å². The molecule has 26 heavy (non-hydrogen) atoms. The number of amides is 2. The van der Waals surface area contributed by atoms with Crippen LogP contribution in [-0.4, -0.2) is 22.8 Å². The maximum atomic E-state index is 13.0. The van der Waals surface area contributed by atoms with Gasteiger partial charge in [0.05, 0.1) is 20.8 Å². The van der Waals surface area contributed by atoms with Crippen LogP contribution in [0.15, 0.2) is 42.5 Å². The van der Waals surface area contributed by atoms with E-state index in [0.29, 0.717) is 5.13 Å². The number of hydrazine groups is 1. The van der Waals surface area contributed by atoms with E-state index >= 15 is 0 Å². The van der Waals surface area contributed by atoms with Crippen LogP contribution in [0.4, 0.5) is 9.52 Å². The van der Waals surface area contributed by atoms with Gasteiger partial charge in [0.25, 0.3) is 11.8 Å². The first-order valence-corrected chi connectivity index (χ1v) is 8.81. The second kappa shape index (κ2) is 7.67. The third kappa shape index (κ3) is 4.09. The van der Waals surface area contributed by atoms with Crippen molar-refractivity contribution in [3.05, 3.63) is 58.9 Å². The number of carbonyl (C=O) groups excluding carboxylic acids is 2. The topological polar surface area (TPSA) is 83.1 Å². The lowest BCUT2D eigenvalue weighted by Crippen LogP contribution is -2.47. The molecule has 0 radical (unpaired) electrons. The van der Waals surface area contributed by atoms with E-state index in [9.17, 15) is 14.0 Å². The van der Waals surface area contributed by atoms with Crippen molar-refractivity contribution in [1.82, 2.24) is 15.8 Å².